The Morgan fingerprint density at radius 1 is 0.900 bits per heavy atom. The number of nitrogens with zero attached hydrogens (tertiary/aromatic N) is 1. The van der Waals surface area contributed by atoms with Crippen molar-refractivity contribution in [2.45, 2.75) is 19.6 Å². The molecule has 2 N–H and O–H groups in total. The van der Waals surface area contributed by atoms with Gasteiger partial charge in [0, 0.05) is 13.1 Å². The Bertz CT molecular complexity index is 920. The average molecular weight is 429 g/mol. The molecule has 3 rings (SSSR count). The van der Waals surface area contributed by atoms with E-state index in [2.05, 4.69) is 0 Å². The van der Waals surface area contributed by atoms with Gasteiger partial charge < -0.3 is 10.5 Å². The number of hydrogen-bond donors (Lipinski definition) is 1. The van der Waals surface area contributed by atoms with E-state index >= 15 is 0 Å². The first-order valence-electron chi connectivity index (χ1n) is 9.60. The molecule has 0 saturated heterocycles. The molecule has 0 spiro atoms. The fourth-order valence-electron chi connectivity index (χ4n) is 3.10. The van der Waals surface area contributed by atoms with Crippen molar-refractivity contribution in [3.63, 3.8) is 0 Å². The van der Waals surface area contributed by atoms with Crippen LogP contribution in [0.25, 0.3) is 0 Å². The fourth-order valence-corrected chi connectivity index (χ4v) is 3.10. The van der Waals surface area contributed by atoms with E-state index in [1.807, 2.05) is 65.6 Å². The maximum absolute atomic E-state index is 13.8. The lowest BCUT2D eigenvalue weighted by molar-refractivity contribution is -0.119. The molecule has 3 aromatic carbocycles. The monoisotopic (exact) mass is 428 g/mol. The Kier molecular flexibility index (Phi) is 9.32. The van der Waals surface area contributed by atoms with Crippen LogP contribution in [0.5, 0.6) is 5.75 Å². The second kappa shape index (κ2) is 12.0. The molecular formula is C24H26ClFN2O2. The number of ether oxygens (including phenoxy) is 1. The maximum atomic E-state index is 13.8. The van der Waals surface area contributed by atoms with Gasteiger partial charge in [-0.15, -0.1) is 12.4 Å². The Labute approximate surface area is 182 Å². The van der Waals surface area contributed by atoms with Crippen LogP contribution < -0.4 is 10.5 Å². The van der Waals surface area contributed by atoms with Gasteiger partial charge in [-0.2, -0.15) is 0 Å². The zero-order valence-electron chi connectivity index (χ0n) is 16.7. The highest BCUT2D eigenvalue weighted by Gasteiger charge is 2.11. The van der Waals surface area contributed by atoms with Crippen LogP contribution in [0.15, 0.2) is 78.9 Å². The number of amides is 1. The van der Waals surface area contributed by atoms with Crippen LogP contribution in [0.2, 0.25) is 0 Å². The molecule has 1 amide bonds. The van der Waals surface area contributed by atoms with Crippen LogP contribution in [0, 0.1) is 5.82 Å². The standard InChI is InChI=1S/C24H25FN2O2.ClH/c25-23-9-5-4-8-21(23)14-15-27(17-24(26)28)16-19-10-12-22(13-11-19)29-18-20-6-2-1-3-7-20;/h1-13H,14-18H2,(H2,26,28);1H. The van der Waals surface area contributed by atoms with E-state index in [0.29, 0.717) is 31.7 Å². The van der Waals surface area contributed by atoms with Gasteiger partial charge in [-0.05, 0) is 41.3 Å². The smallest absolute Gasteiger partial charge is 0.231 e. The number of carbonyl (C=O) groups is 1. The summed E-state index contributed by atoms with van der Waals surface area (Å²) in [5.74, 6) is 0.151. The van der Waals surface area contributed by atoms with Crippen molar-refractivity contribution in [2.24, 2.45) is 5.73 Å². The van der Waals surface area contributed by atoms with Gasteiger partial charge in [-0.25, -0.2) is 4.39 Å². The molecule has 30 heavy (non-hydrogen) atoms. The normalized spacial score (nSPS) is 10.5. The number of benzene rings is 3. The molecule has 0 fully saturated rings. The molecule has 0 heterocycles. The molecule has 0 aliphatic carbocycles. The highest BCUT2D eigenvalue weighted by Crippen LogP contribution is 2.16. The van der Waals surface area contributed by atoms with E-state index in [9.17, 15) is 9.18 Å². The molecule has 0 saturated carbocycles. The van der Waals surface area contributed by atoms with Gasteiger partial charge in [0.25, 0.3) is 0 Å². The van der Waals surface area contributed by atoms with Gasteiger partial charge in [0.2, 0.25) is 5.91 Å². The van der Waals surface area contributed by atoms with E-state index in [4.69, 9.17) is 10.5 Å². The van der Waals surface area contributed by atoms with Crippen LogP contribution in [0.3, 0.4) is 0 Å². The van der Waals surface area contributed by atoms with Crippen molar-refractivity contribution in [3.05, 3.63) is 101 Å². The summed E-state index contributed by atoms with van der Waals surface area (Å²) in [6.07, 6.45) is 0.512. The Morgan fingerprint density at radius 2 is 1.57 bits per heavy atom. The average Bonchev–Trinajstić information content (AvgIpc) is 2.73. The number of rotatable bonds is 10. The molecule has 0 bridgehead atoms. The molecule has 0 aromatic heterocycles. The van der Waals surface area contributed by atoms with Gasteiger partial charge in [0.15, 0.2) is 0 Å². The molecule has 0 aliphatic rings. The van der Waals surface area contributed by atoms with Crippen molar-refractivity contribution < 1.29 is 13.9 Å². The third kappa shape index (κ3) is 7.50. The second-order valence-electron chi connectivity index (χ2n) is 6.94. The minimum atomic E-state index is -0.402. The summed E-state index contributed by atoms with van der Waals surface area (Å²) >= 11 is 0. The maximum Gasteiger partial charge on any atom is 0.231 e. The quantitative estimate of drug-likeness (QED) is 0.522. The molecule has 0 aliphatic heterocycles. The third-order valence-corrected chi connectivity index (χ3v) is 4.61. The van der Waals surface area contributed by atoms with Gasteiger partial charge in [0.05, 0.1) is 6.54 Å². The highest BCUT2D eigenvalue weighted by atomic mass is 35.5. The lowest BCUT2D eigenvalue weighted by Gasteiger charge is -2.21. The minimum Gasteiger partial charge on any atom is -0.489 e. The van der Waals surface area contributed by atoms with Crippen molar-refractivity contribution in [1.82, 2.24) is 4.90 Å². The first-order valence-corrected chi connectivity index (χ1v) is 9.60. The Morgan fingerprint density at radius 3 is 2.23 bits per heavy atom. The van der Waals surface area contributed by atoms with Crippen molar-refractivity contribution >= 4 is 18.3 Å². The first kappa shape index (κ1) is 23.4. The fraction of sp³-hybridized carbons (Fsp3) is 0.208. The van der Waals surface area contributed by atoms with Gasteiger partial charge >= 0.3 is 0 Å². The minimum absolute atomic E-state index is 0. The van der Waals surface area contributed by atoms with Crippen LogP contribution in [0.1, 0.15) is 16.7 Å². The number of primary amides is 1. The van der Waals surface area contributed by atoms with E-state index < -0.39 is 5.91 Å². The number of nitrogens with two attached hydrogens (primary N) is 1. The number of hydrogen-bond acceptors (Lipinski definition) is 3. The third-order valence-electron chi connectivity index (χ3n) is 4.61. The van der Waals surface area contributed by atoms with Crippen LogP contribution in [0.4, 0.5) is 4.39 Å². The number of halogens is 2. The molecule has 158 valence electrons. The summed E-state index contributed by atoms with van der Waals surface area (Å²) in [4.78, 5) is 13.4. The zero-order chi connectivity index (χ0) is 20.5. The lowest BCUT2D eigenvalue weighted by atomic mass is 10.1. The second-order valence-corrected chi connectivity index (χ2v) is 6.94. The highest BCUT2D eigenvalue weighted by molar-refractivity contribution is 5.85. The summed E-state index contributed by atoms with van der Waals surface area (Å²) in [6.45, 7) is 1.73. The van der Waals surface area contributed by atoms with Crippen molar-refractivity contribution in [1.29, 1.82) is 0 Å². The summed E-state index contributed by atoms with van der Waals surface area (Å²) in [5.41, 5.74) is 8.16. The van der Waals surface area contributed by atoms with E-state index in [1.165, 1.54) is 6.07 Å². The molecule has 0 atom stereocenters. The topological polar surface area (TPSA) is 55.6 Å². The SMILES string of the molecule is Cl.NC(=O)CN(CCc1ccccc1F)Cc1ccc(OCc2ccccc2)cc1. The summed E-state index contributed by atoms with van der Waals surface area (Å²) < 4.78 is 19.7. The molecular weight excluding hydrogens is 403 g/mol. The van der Waals surface area contributed by atoms with Crippen molar-refractivity contribution in [3.8, 4) is 5.75 Å². The van der Waals surface area contributed by atoms with Gasteiger partial charge in [-0.3, -0.25) is 9.69 Å². The van der Waals surface area contributed by atoms with Gasteiger partial charge in [0.1, 0.15) is 18.2 Å². The zero-order valence-corrected chi connectivity index (χ0v) is 17.5. The molecule has 6 heteroatoms. The van der Waals surface area contributed by atoms with Crippen LogP contribution in [-0.2, 0) is 24.4 Å². The predicted molar refractivity (Wildman–Crippen MR) is 119 cm³/mol. The van der Waals surface area contributed by atoms with E-state index in [0.717, 1.165) is 16.9 Å². The number of carbonyl (C=O) groups excluding carboxylic acids is 1. The predicted octanol–water partition coefficient (Wildman–Crippen LogP) is 4.36. The van der Waals surface area contributed by atoms with Gasteiger partial charge in [-0.1, -0.05) is 60.7 Å². The largest absolute Gasteiger partial charge is 0.489 e. The first-order chi connectivity index (χ1) is 14.1. The molecule has 0 unspecified atom stereocenters. The Hall–Kier alpha value is -2.89. The van der Waals surface area contributed by atoms with E-state index in [1.54, 1.807) is 12.1 Å². The summed E-state index contributed by atoms with van der Waals surface area (Å²) in [5, 5.41) is 0. The van der Waals surface area contributed by atoms with Crippen LogP contribution in [-0.4, -0.2) is 23.9 Å². The summed E-state index contributed by atoms with van der Waals surface area (Å²) in [6, 6.07) is 24.4. The molecule has 4 nitrogen and oxygen atoms in total. The Balaban J connectivity index is 0.00000320. The molecule has 3 aromatic rings. The van der Waals surface area contributed by atoms with E-state index in [-0.39, 0.29) is 24.8 Å². The molecule has 0 radical (unpaired) electrons. The summed E-state index contributed by atoms with van der Waals surface area (Å²) in [7, 11) is 0. The van der Waals surface area contributed by atoms with Crippen molar-refractivity contribution in [2.75, 3.05) is 13.1 Å². The van der Waals surface area contributed by atoms with Crippen LogP contribution >= 0.6 is 12.4 Å². The lowest BCUT2D eigenvalue weighted by Crippen LogP contribution is -2.34.